The minimum atomic E-state index is -0.275. The molecule has 0 saturated carbocycles. The van der Waals surface area contributed by atoms with Gasteiger partial charge in [0.25, 0.3) is 11.8 Å². The Morgan fingerprint density at radius 2 is 1.63 bits per heavy atom. The number of ether oxygens (including phenoxy) is 1. The van der Waals surface area contributed by atoms with E-state index < -0.39 is 0 Å². The number of nitrogens with zero attached hydrogens (tertiary/aromatic N) is 1. The van der Waals surface area contributed by atoms with E-state index in [0.717, 1.165) is 5.56 Å². The number of quaternary nitrogens is 1. The zero-order valence-corrected chi connectivity index (χ0v) is 17.8. The topological polar surface area (TPSA) is 92.2 Å². The summed E-state index contributed by atoms with van der Waals surface area (Å²) in [5.41, 5.74) is 2.41. The van der Waals surface area contributed by atoms with Gasteiger partial charge >= 0.3 is 0 Å². The number of amides is 3. The molecule has 8 heteroatoms. The Kier molecular flexibility index (Phi) is 8.37. The third kappa shape index (κ3) is 7.56. The number of hydrogen-bond acceptors (Lipinski definition) is 4. The number of methoxy groups -OCH3 is 1. The summed E-state index contributed by atoms with van der Waals surface area (Å²) in [6.45, 7) is 2.12. The van der Waals surface area contributed by atoms with Gasteiger partial charge in [0.05, 0.1) is 20.7 Å². The highest BCUT2D eigenvalue weighted by molar-refractivity contribution is 5.94. The lowest BCUT2D eigenvalue weighted by Crippen LogP contribution is -3.11. The summed E-state index contributed by atoms with van der Waals surface area (Å²) >= 11 is 0. The summed E-state index contributed by atoms with van der Waals surface area (Å²) in [6, 6.07) is 14.5. The molecule has 0 bridgehead atoms. The second-order valence-electron chi connectivity index (χ2n) is 7.25. The number of benzene rings is 2. The van der Waals surface area contributed by atoms with Crippen LogP contribution in [0, 0.1) is 6.92 Å². The first-order valence-electron chi connectivity index (χ1n) is 9.62. The summed E-state index contributed by atoms with van der Waals surface area (Å²) in [4.78, 5) is 38.8. The van der Waals surface area contributed by atoms with Crippen molar-refractivity contribution in [3.8, 4) is 5.75 Å². The molecule has 1 atom stereocenters. The van der Waals surface area contributed by atoms with E-state index in [1.165, 1.54) is 4.90 Å². The number of carbonyl (C=O) groups excluding carboxylic acids is 3. The van der Waals surface area contributed by atoms with Gasteiger partial charge in [-0.1, -0.05) is 23.8 Å². The molecule has 0 aromatic heterocycles. The molecular formula is C22H29N4O4+. The monoisotopic (exact) mass is 413 g/mol. The van der Waals surface area contributed by atoms with Crippen LogP contribution in [0.2, 0.25) is 0 Å². The van der Waals surface area contributed by atoms with Crippen LogP contribution >= 0.6 is 0 Å². The molecule has 0 spiro atoms. The van der Waals surface area contributed by atoms with Gasteiger partial charge in [0.1, 0.15) is 5.75 Å². The van der Waals surface area contributed by atoms with E-state index in [1.807, 2.05) is 31.2 Å². The number of rotatable bonds is 9. The van der Waals surface area contributed by atoms with Crippen molar-refractivity contribution in [3.05, 3.63) is 54.1 Å². The van der Waals surface area contributed by atoms with Crippen molar-refractivity contribution in [1.82, 2.24) is 4.90 Å². The molecule has 3 N–H and O–H groups in total. The van der Waals surface area contributed by atoms with Crippen LogP contribution in [0.1, 0.15) is 5.56 Å². The molecule has 0 aliphatic rings. The van der Waals surface area contributed by atoms with Crippen LogP contribution in [0.25, 0.3) is 0 Å². The molecule has 1 unspecified atom stereocenters. The SMILES string of the molecule is COc1cccc(NC(=O)C[NH+](C)CC(=O)N(C)CC(=O)Nc2ccc(C)cc2)c1. The molecular weight excluding hydrogens is 384 g/mol. The van der Waals surface area contributed by atoms with Crippen molar-refractivity contribution in [2.45, 2.75) is 6.92 Å². The number of carbonyl (C=O) groups is 3. The van der Waals surface area contributed by atoms with Gasteiger partial charge in [-0.3, -0.25) is 14.4 Å². The second-order valence-corrected chi connectivity index (χ2v) is 7.25. The van der Waals surface area contributed by atoms with E-state index in [0.29, 0.717) is 22.0 Å². The molecule has 2 rings (SSSR count). The highest BCUT2D eigenvalue weighted by Crippen LogP contribution is 2.16. The van der Waals surface area contributed by atoms with E-state index in [1.54, 1.807) is 45.5 Å². The normalized spacial score (nSPS) is 11.3. The fraction of sp³-hybridized carbons (Fsp3) is 0.318. The number of hydrogen-bond donors (Lipinski definition) is 3. The van der Waals surface area contributed by atoms with Gasteiger partial charge in [-0.05, 0) is 31.2 Å². The third-order valence-corrected chi connectivity index (χ3v) is 4.41. The maximum Gasteiger partial charge on any atom is 0.279 e. The summed E-state index contributed by atoms with van der Waals surface area (Å²) in [7, 11) is 4.88. The molecule has 30 heavy (non-hydrogen) atoms. The van der Waals surface area contributed by atoms with Crippen LogP contribution < -0.4 is 20.3 Å². The van der Waals surface area contributed by atoms with E-state index in [9.17, 15) is 14.4 Å². The lowest BCUT2D eigenvalue weighted by Gasteiger charge is -2.19. The minimum Gasteiger partial charge on any atom is -0.497 e. The number of aryl methyl sites for hydroxylation is 1. The molecule has 2 aromatic rings. The Labute approximate surface area is 176 Å². The number of anilines is 2. The van der Waals surface area contributed by atoms with Crippen molar-refractivity contribution < 1.29 is 24.0 Å². The Hall–Kier alpha value is -3.39. The summed E-state index contributed by atoms with van der Waals surface area (Å²) in [6.07, 6.45) is 0. The van der Waals surface area contributed by atoms with Gasteiger partial charge in [-0.2, -0.15) is 0 Å². The van der Waals surface area contributed by atoms with Gasteiger partial charge < -0.3 is 25.2 Å². The largest absolute Gasteiger partial charge is 0.497 e. The Morgan fingerprint density at radius 3 is 2.30 bits per heavy atom. The molecule has 0 saturated heterocycles. The van der Waals surface area contributed by atoms with Gasteiger partial charge in [-0.25, -0.2) is 0 Å². The molecule has 0 radical (unpaired) electrons. The van der Waals surface area contributed by atoms with Gasteiger partial charge in [0.2, 0.25) is 5.91 Å². The average molecular weight is 413 g/mol. The Balaban J connectivity index is 1.77. The summed E-state index contributed by atoms with van der Waals surface area (Å²) in [5.74, 6) is -0.0635. The number of likely N-dealkylation sites (N-methyl/N-ethyl adjacent to an activating group) is 2. The lowest BCUT2D eigenvalue weighted by molar-refractivity contribution is -0.862. The van der Waals surface area contributed by atoms with Crippen molar-refractivity contribution >= 4 is 29.1 Å². The highest BCUT2D eigenvalue weighted by atomic mass is 16.5. The molecule has 2 aromatic carbocycles. The molecule has 0 aliphatic heterocycles. The zero-order valence-electron chi connectivity index (χ0n) is 17.8. The van der Waals surface area contributed by atoms with Crippen LogP contribution in [0.4, 0.5) is 11.4 Å². The smallest absolute Gasteiger partial charge is 0.279 e. The summed E-state index contributed by atoms with van der Waals surface area (Å²) in [5, 5.41) is 5.55. The second kappa shape index (κ2) is 11.0. The number of nitrogens with one attached hydrogen (secondary N) is 3. The van der Waals surface area contributed by atoms with Crippen molar-refractivity contribution in [3.63, 3.8) is 0 Å². The van der Waals surface area contributed by atoms with Gasteiger partial charge in [0.15, 0.2) is 13.1 Å². The van der Waals surface area contributed by atoms with Gasteiger partial charge in [0, 0.05) is 24.5 Å². The van der Waals surface area contributed by atoms with Gasteiger partial charge in [-0.15, -0.1) is 0 Å². The molecule has 0 heterocycles. The van der Waals surface area contributed by atoms with Crippen LogP contribution in [-0.2, 0) is 14.4 Å². The van der Waals surface area contributed by atoms with Crippen LogP contribution in [0.15, 0.2) is 48.5 Å². The molecule has 0 aliphatic carbocycles. The maximum atomic E-state index is 12.4. The minimum absolute atomic E-state index is 0.0595. The standard InChI is InChI=1S/C22H28N4O4/c1-16-8-10-17(11-9-16)23-21(28)14-26(3)22(29)15-25(2)13-20(27)24-18-6-5-7-19(12-18)30-4/h5-12H,13-15H2,1-4H3,(H,23,28)(H,24,27)/p+1. The predicted molar refractivity (Wildman–Crippen MR) is 116 cm³/mol. The summed E-state index contributed by atoms with van der Waals surface area (Å²) < 4.78 is 5.13. The fourth-order valence-electron chi connectivity index (χ4n) is 2.78. The Morgan fingerprint density at radius 1 is 0.967 bits per heavy atom. The highest BCUT2D eigenvalue weighted by Gasteiger charge is 2.19. The predicted octanol–water partition coefficient (Wildman–Crippen LogP) is 0.554. The molecule has 0 fully saturated rings. The van der Waals surface area contributed by atoms with Crippen molar-refractivity contribution in [2.75, 3.05) is 51.5 Å². The first-order chi connectivity index (χ1) is 14.3. The van der Waals surface area contributed by atoms with E-state index >= 15 is 0 Å². The van der Waals surface area contributed by atoms with E-state index in [-0.39, 0.29) is 37.4 Å². The van der Waals surface area contributed by atoms with E-state index in [4.69, 9.17) is 4.74 Å². The first kappa shape index (κ1) is 22.9. The Bertz CT molecular complexity index is 883. The maximum absolute atomic E-state index is 12.4. The average Bonchev–Trinajstić information content (AvgIpc) is 2.69. The quantitative estimate of drug-likeness (QED) is 0.560. The van der Waals surface area contributed by atoms with Crippen molar-refractivity contribution in [1.29, 1.82) is 0 Å². The lowest BCUT2D eigenvalue weighted by atomic mass is 10.2. The first-order valence-corrected chi connectivity index (χ1v) is 9.62. The van der Waals surface area contributed by atoms with Crippen LogP contribution in [0.5, 0.6) is 5.75 Å². The molecule has 160 valence electrons. The van der Waals surface area contributed by atoms with Crippen LogP contribution in [0.3, 0.4) is 0 Å². The fourth-order valence-corrected chi connectivity index (χ4v) is 2.78. The molecule has 3 amide bonds. The zero-order chi connectivity index (χ0) is 22.1. The van der Waals surface area contributed by atoms with Crippen molar-refractivity contribution in [2.24, 2.45) is 0 Å². The third-order valence-electron chi connectivity index (χ3n) is 4.41. The van der Waals surface area contributed by atoms with E-state index in [2.05, 4.69) is 10.6 Å². The molecule has 8 nitrogen and oxygen atoms in total. The van der Waals surface area contributed by atoms with Crippen LogP contribution in [-0.4, -0.2) is 63.5 Å².